The molecule has 0 aromatic rings. The van der Waals surface area contributed by atoms with Crippen LogP contribution >= 0.6 is 11.8 Å². The van der Waals surface area contributed by atoms with E-state index in [0.29, 0.717) is 37.1 Å². The summed E-state index contributed by atoms with van der Waals surface area (Å²) >= 11 is 1.48. The molecule has 2 aliphatic heterocycles. The second kappa shape index (κ2) is 6.71. The lowest BCUT2D eigenvalue weighted by Crippen LogP contribution is -2.56. The van der Waals surface area contributed by atoms with Gasteiger partial charge in [0.15, 0.2) is 9.84 Å². The third-order valence-corrected chi connectivity index (χ3v) is 8.89. The normalized spacial score (nSPS) is 27.8. The zero-order chi connectivity index (χ0) is 15.7. The average Bonchev–Trinajstić information content (AvgIpc) is 2.46. The van der Waals surface area contributed by atoms with Crippen molar-refractivity contribution in [2.45, 2.75) is 18.2 Å². The van der Waals surface area contributed by atoms with Crippen LogP contribution in [0.15, 0.2) is 0 Å². The van der Waals surface area contributed by atoms with E-state index in [4.69, 9.17) is 5.73 Å². The Hall–Kier alpha value is 0.130. The van der Waals surface area contributed by atoms with Crippen LogP contribution in [0.4, 0.5) is 0 Å². The van der Waals surface area contributed by atoms with Crippen LogP contribution in [0.1, 0.15) is 12.8 Å². The smallest absolute Gasteiger partial charge is 0.283 e. The van der Waals surface area contributed by atoms with E-state index in [9.17, 15) is 16.8 Å². The van der Waals surface area contributed by atoms with E-state index in [-0.39, 0.29) is 6.54 Å². The van der Waals surface area contributed by atoms with Crippen molar-refractivity contribution in [3.8, 4) is 0 Å². The van der Waals surface area contributed by atoms with Crippen molar-refractivity contribution in [3.63, 3.8) is 0 Å². The predicted octanol–water partition coefficient (Wildman–Crippen LogP) is -0.679. The Morgan fingerprint density at radius 1 is 1.14 bits per heavy atom. The van der Waals surface area contributed by atoms with E-state index >= 15 is 0 Å². The van der Waals surface area contributed by atoms with Crippen molar-refractivity contribution in [3.05, 3.63) is 0 Å². The number of hydrogen-bond acceptors (Lipinski definition) is 6. The largest absolute Gasteiger partial charge is 0.330 e. The molecule has 7 nitrogen and oxygen atoms in total. The van der Waals surface area contributed by atoms with E-state index in [1.165, 1.54) is 20.4 Å². The molecule has 2 rings (SSSR count). The zero-order valence-electron chi connectivity index (χ0n) is 12.1. The van der Waals surface area contributed by atoms with Crippen molar-refractivity contribution >= 4 is 31.8 Å². The third-order valence-electron chi connectivity index (χ3n) is 4.06. The Bertz CT molecular complexity index is 555. The minimum Gasteiger partial charge on any atom is -0.330 e. The highest BCUT2D eigenvalue weighted by Crippen LogP contribution is 2.27. The molecule has 1 atom stereocenters. The molecular weight excluding hydrogens is 334 g/mol. The van der Waals surface area contributed by atoms with Gasteiger partial charge in [-0.15, -0.1) is 0 Å². The number of nitrogens with two attached hydrogens (primary N) is 1. The standard InChI is InChI=1S/C11H23N3O4S3/c1-20(15,16)11-9-19-7-6-14(11)21(17,18)13-4-2-10(8-12)3-5-13/h10-11H,2-9,12H2,1H3. The molecule has 10 heteroatoms. The maximum Gasteiger partial charge on any atom is 0.283 e. The monoisotopic (exact) mass is 357 g/mol. The van der Waals surface area contributed by atoms with Gasteiger partial charge in [0.25, 0.3) is 10.2 Å². The highest BCUT2D eigenvalue weighted by Gasteiger charge is 2.42. The summed E-state index contributed by atoms with van der Waals surface area (Å²) in [5.74, 6) is 1.29. The van der Waals surface area contributed by atoms with Crippen molar-refractivity contribution in [1.29, 1.82) is 0 Å². The van der Waals surface area contributed by atoms with Crippen molar-refractivity contribution in [2.75, 3.05) is 43.9 Å². The number of thioether (sulfide) groups is 1. The Kier molecular flexibility index (Phi) is 5.59. The van der Waals surface area contributed by atoms with E-state index in [2.05, 4.69) is 0 Å². The van der Waals surface area contributed by atoms with Gasteiger partial charge < -0.3 is 5.73 Å². The van der Waals surface area contributed by atoms with Crippen LogP contribution in [-0.2, 0) is 20.0 Å². The van der Waals surface area contributed by atoms with E-state index in [0.717, 1.165) is 19.1 Å². The van der Waals surface area contributed by atoms with Gasteiger partial charge in [-0.3, -0.25) is 0 Å². The summed E-state index contributed by atoms with van der Waals surface area (Å²) in [5, 5.41) is -0.950. The SMILES string of the molecule is CS(=O)(=O)C1CSCCN1S(=O)(=O)N1CCC(CN)CC1. The first-order chi connectivity index (χ1) is 9.76. The number of piperidine rings is 1. The summed E-state index contributed by atoms with van der Waals surface area (Å²) in [6.07, 6.45) is 2.58. The van der Waals surface area contributed by atoms with Gasteiger partial charge in [0.05, 0.1) is 0 Å². The van der Waals surface area contributed by atoms with Gasteiger partial charge >= 0.3 is 0 Å². The van der Waals surface area contributed by atoms with Crippen LogP contribution in [0.25, 0.3) is 0 Å². The molecule has 0 bridgehead atoms. The molecule has 124 valence electrons. The van der Waals surface area contributed by atoms with Crippen LogP contribution in [0.2, 0.25) is 0 Å². The van der Waals surface area contributed by atoms with Gasteiger partial charge in [0.1, 0.15) is 5.37 Å². The highest BCUT2D eigenvalue weighted by molar-refractivity contribution is 8.01. The molecule has 2 aliphatic rings. The minimum absolute atomic E-state index is 0.252. The molecule has 0 saturated carbocycles. The maximum atomic E-state index is 12.7. The first-order valence-corrected chi connectivity index (χ1v) is 11.5. The summed E-state index contributed by atoms with van der Waals surface area (Å²) < 4.78 is 51.8. The van der Waals surface area contributed by atoms with Gasteiger partial charge in [-0.05, 0) is 25.3 Å². The van der Waals surface area contributed by atoms with Gasteiger partial charge in [-0.25, -0.2) is 8.42 Å². The Morgan fingerprint density at radius 2 is 1.76 bits per heavy atom. The van der Waals surface area contributed by atoms with E-state index in [1.807, 2.05) is 0 Å². The fourth-order valence-corrected chi connectivity index (χ4v) is 8.04. The molecule has 0 aliphatic carbocycles. The molecule has 0 radical (unpaired) electrons. The lowest BCUT2D eigenvalue weighted by molar-refractivity contribution is 0.256. The molecular formula is C11H23N3O4S3. The van der Waals surface area contributed by atoms with Crippen LogP contribution in [0.3, 0.4) is 0 Å². The van der Waals surface area contributed by atoms with Crippen LogP contribution in [-0.4, -0.2) is 74.8 Å². The molecule has 0 aromatic heterocycles. The Labute approximate surface area is 131 Å². The van der Waals surface area contributed by atoms with Gasteiger partial charge in [0.2, 0.25) is 0 Å². The molecule has 2 heterocycles. The fourth-order valence-electron chi connectivity index (χ4n) is 2.69. The average molecular weight is 358 g/mol. The lowest BCUT2D eigenvalue weighted by atomic mass is 9.99. The zero-order valence-corrected chi connectivity index (χ0v) is 14.6. The summed E-state index contributed by atoms with van der Waals surface area (Å²) in [4.78, 5) is 0. The Morgan fingerprint density at radius 3 is 2.29 bits per heavy atom. The predicted molar refractivity (Wildman–Crippen MR) is 84.9 cm³/mol. The molecule has 0 spiro atoms. The number of rotatable bonds is 4. The number of hydrogen-bond donors (Lipinski definition) is 1. The summed E-state index contributed by atoms with van der Waals surface area (Å²) in [6, 6.07) is 0. The molecule has 0 amide bonds. The number of sulfone groups is 1. The summed E-state index contributed by atoms with van der Waals surface area (Å²) in [5.41, 5.74) is 5.62. The van der Waals surface area contributed by atoms with Gasteiger partial charge in [-0.2, -0.15) is 28.8 Å². The third kappa shape index (κ3) is 3.91. The molecule has 0 aromatic carbocycles. The summed E-state index contributed by atoms with van der Waals surface area (Å²) in [6.45, 7) is 1.66. The second-order valence-corrected chi connectivity index (χ2v) is 10.8. The molecule has 21 heavy (non-hydrogen) atoms. The highest BCUT2D eigenvalue weighted by atomic mass is 32.2. The van der Waals surface area contributed by atoms with Crippen LogP contribution in [0.5, 0.6) is 0 Å². The van der Waals surface area contributed by atoms with Gasteiger partial charge in [-0.1, -0.05) is 0 Å². The van der Waals surface area contributed by atoms with Gasteiger partial charge in [0, 0.05) is 37.4 Å². The van der Waals surface area contributed by atoms with Crippen LogP contribution < -0.4 is 5.73 Å². The molecule has 2 N–H and O–H groups in total. The molecule has 2 fully saturated rings. The Balaban J connectivity index is 2.17. The quantitative estimate of drug-likeness (QED) is 0.715. The topological polar surface area (TPSA) is 101 Å². The second-order valence-electron chi connectivity index (χ2n) is 5.56. The lowest BCUT2D eigenvalue weighted by Gasteiger charge is -2.39. The van der Waals surface area contributed by atoms with Crippen LogP contribution in [0, 0.1) is 5.92 Å². The first kappa shape index (κ1) is 17.5. The maximum absolute atomic E-state index is 12.7. The number of nitrogens with zero attached hydrogens (tertiary/aromatic N) is 2. The molecule has 2 saturated heterocycles. The van der Waals surface area contributed by atoms with E-state index < -0.39 is 25.4 Å². The minimum atomic E-state index is -3.72. The van der Waals surface area contributed by atoms with Crippen molar-refractivity contribution < 1.29 is 16.8 Å². The van der Waals surface area contributed by atoms with Crippen molar-refractivity contribution in [2.24, 2.45) is 11.7 Å². The molecule has 1 unspecified atom stereocenters. The first-order valence-electron chi connectivity index (χ1n) is 7.00. The van der Waals surface area contributed by atoms with Crippen molar-refractivity contribution in [1.82, 2.24) is 8.61 Å². The summed E-state index contributed by atoms with van der Waals surface area (Å²) in [7, 11) is -7.15. The van der Waals surface area contributed by atoms with E-state index in [1.54, 1.807) is 0 Å². The fraction of sp³-hybridized carbons (Fsp3) is 1.00.